The van der Waals surface area contributed by atoms with Crippen molar-refractivity contribution in [3.05, 3.63) is 87.2 Å². The van der Waals surface area contributed by atoms with Crippen LogP contribution in [-0.4, -0.2) is 29.8 Å². The number of nitrogens with one attached hydrogen (secondary N) is 1. The molecule has 0 saturated heterocycles. The number of hydrogen-bond donors (Lipinski definition) is 1. The number of carbonyl (C=O) groups is 2. The Labute approximate surface area is 211 Å². The Morgan fingerprint density at radius 2 is 1.54 bits per heavy atom. The van der Waals surface area contributed by atoms with Crippen molar-refractivity contribution in [2.24, 2.45) is 0 Å². The fourth-order valence-electron chi connectivity index (χ4n) is 4.44. The molecular weight excluding hydrogens is 476 g/mol. The summed E-state index contributed by atoms with van der Waals surface area (Å²) in [5, 5.41) is 3.09. The number of aromatic nitrogens is 1. The smallest absolute Gasteiger partial charge is 0.244 e. The molecular formula is C28H22N2O7. The van der Waals surface area contributed by atoms with Crippen LogP contribution in [-0.2, 0) is 11.3 Å². The van der Waals surface area contributed by atoms with Crippen molar-refractivity contribution in [3.8, 4) is 23.0 Å². The first kappa shape index (κ1) is 22.7. The molecule has 9 heteroatoms. The molecule has 1 N–H and O–H groups in total. The van der Waals surface area contributed by atoms with Gasteiger partial charge in [-0.05, 0) is 49.2 Å². The van der Waals surface area contributed by atoms with E-state index >= 15 is 0 Å². The number of aryl methyl sites for hydroxylation is 2. The number of ketones is 1. The van der Waals surface area contributed by atoms with Gasteiger partial charge in [0.1, 0.15) is 6.54 Å². The van der Waals surface area contributed by atoms with E-state index in [-0.39, 0.29) is 37.0 Å². The molecule has 3 aromatic carbocycles. The molecule has 0 bridgehead atoms. The SMILES string of the molecule is Cc1ccc(C(=O)c2cn(CC(=O)Nc3ccc4c(c3)OCO4)c3cc4c(cc3c2=O)OCO4)cc1C. The van der Waals surface area contributed by atoms with Crippen LogP contribution in [0.5, 0.6) is 23.0 Å². The number of benzene rings is 3. The molecule has 186 valence electrons. The molecule has 0 saturated carbocycles. The predicted octanol–water partition coefficient (Wildman–Crippen LogP) is 3.95. The maximum absolute atomic E-state index is 13.5. The van der Waals surface area contributed by atoms with Gasteiger partial charge in [-0.3, -0.25) is 14.4 Å². The first-order chi connectivity index (χ1) is 17.9. The Bertz CT molecular complexity index is 1670. The molecule has 0 aliphatic carbocycles. The van der Waals surface area contributed by atoms with Crippen molar-refractivity contribution in [2.45, 2.75) is 20.4 Å². The van der Waals surface area contributed by atoms with E-state index in [9.17, 15) is 14.4 Å². The number of rotatable bonds is 5. The van der Waals surface area contributed by atoms with Crippen molar-refractivity contribution < 1.29 is 28.5 Å². The van der Waals surface area contributed by atoms with Crippen LogP contribution in [0.25, 0.3) is 10.9 Å². The van der Waals surface area contributed by atoms with Gasteiger partial charge in [-0.25, -0.2) is 0 Å². The molecule has 0 unspecified atom stereocenters. The van der Waals surface area contributed by atoms with Crippen LogP contribution in [0.15, 0.2) is 59.5 Å². The molecule has 0 fully saturated rings. The second-order valence-corrected chi connectivity index (χ2v) is 8.97. The lowest BCUT2D eigenvalue weighted by molar-refractivity contribution is -0.116. The van der Waals surface area contributed by atoms with Crippen molar-refractivity contribution in [2.75, 3.05) is 18.9 Å². The number of fused-ring (bicyclic) bond motifs is 3. The molecule has 1 aromatic heterocycles. The largest absolute Gasteiger partial charge is 0.454 e. The van der Waals surface area contributed by atoms with Gasteiger partial charge in [-0.15, -0.1) is 0 Å². The molecule has 9 nitrogen and oxygen atoms in total. The minimum Gasteiger partial charge on any atom is -0.454 e. The average molecular weight is 498 g/mol. The van der Waals surface area contributed by atoms with Crippen molar-refractivity contribution in [1.82, 2.24) is 4.57 Å². The Morgan fingerprint density at radius 3 is 2.30 bits per heavy atom. The van der Waals surface area contributed by atoms with Gasteiger partial charge in [0.2, 0.25) is 24.9 Å². The van der Waals surface area contributed by atoms with Crippen LogP contribution in [0.3, 0.4) is 0 Å². The summed E-state index contributed by atoms with van der Waals surface area (Å²) in [5.74, 6) is 1.25. The molecule has 0 spiro atoms. The van der Waals surface area contributed by atoms with E-state index in [1.54, 1.807) is 47.0 Å². The van der Waals surface area contributed by atoms with Gasteiger partial charge in [0.25, 0.3) is 0 Å². The van der Waals surface area contributed by atoms with Gasteiger partial charge >= 0.3 is 0 Å². The third-order valence-corrected chi connectivity index (χ3v) is 6.56. The van der Waals surface area contributed by atoms with E-state index in [1.165, 1.54) is 6.20 Å². The molecule has 37 heavy (non-hydrogen) atoms. The quantitative estimate of drug-likeness (QED) is 0.416. The highest BCUT2D eigenvalue weighted by Crippen LogP contribution is 2.36. The highest BCUT2D eigenvalue weighted by molar-refractivity contribution is 6.10. The first-order valence-corrected chi connectivity index (χ1v) is 11.7. The van der Waals surface area contributed by atoms with Gasteiger partial charge in [-0.1, -0.05) is 12.1 Å². The lowest BCUT2D eigenvalue weighted by Gasteiger charge is -2.14. The fraction of sp³-hybridized carbons (Fsp3) is 0.179. The number of pyridine rings is 1. The van der Waals surface area contributed by atoms with Gasteiger partial charge in [0.05, 0.1) is 16.5 Å². The van der Waals surface area contributed by atoms with Crippen LogP contribution in [0, 0.1) is 13.8 Å². The minimum atomic E-state index is -0.441. The summed E-state index contributed by atoms with van der Waals surface area (Å²) in [7, 11) is 0. The van der Waals surface area contributed by atoms with E-state index < -0.39 is 11.2 Å². The van der Waals surface area contributed by atoms with E-state index in [4.69, 9.17) is 18.9 Å². The van der Waals surface area contributed by atoms with Gasteiger partial charge < -0.3 is 28.8 Å². The predicted molar refractivity (Wildman–Crippen MR) is 135 cm³/mol. The second kappa shape index (κ2) is 8.70. The molecule has 0 atom stereocenters. The normalized spacial score (nSPS) is 13.1. The van der Waals surface area contributed by atoms with Gasteiger partial charge in [0, 0.05) is 29.6 Å². The van der Waals surface area contributed by atoms with Crippen LogP contribution in [0.2, 0.25) is 0 Å². The summed E-state index contributed by atoms with van der Waals surface area (Å²) in [4.78, 5) is 40.0. The molecule has 2 aliphatic rings. The number of amides is 1. The number of carbonyl (C=O) groups excluding carboxylic acids is 2. The van der Waals surface area contributed by atoms with Crippen LogP contribution in [0.1, 0.15) is 27.0 Å². The highest BCUT2D eigenvalue weighted by Gasteiger charge is 2.23. The maximum Gasteiger partial charge on any atom is 0.244 e. The molecule has 6 rings (SSSR count). The zero-order valence-electron chi connectivity index (χ0n) is 20.1. The van der Waals surface area contributed by atoms with Crippen LogP contribution < -0.4 is 29.7 Å². The summed E-state index contributed by atoms with van der Waals surface area (Å²) >= 11 is 0. The third-order valence-electron chi connectivity index (χ3n) is 6.56. The Kier molecular flexibility index (Phi) is 5.33. The van der Waals surface area contributed by atoms with Crippen molar-refractivity contribution in [1.29, 1.82) is 0 Å². The standard InChI is InChI=1S/C28H22N2O7/c1-15-3-4-17(7-16(15)2)27(32)20-11-30(21-10-25-24(36-14-37-25)9-19(21)28(20)33)12-26(31)29-18-5-6-22-23(8-18)35-13-34-22/h3-11H,12-14H2,1-2H3,(H,29,31). The van der Waals surface area contributed by atoms with Crippen LogP contribution >= 0.6 is 0 Å². The lowest BCUT2D eigenvalue weighted by Crippen LogP contribution is -2.24. The monoisotopic (exact) mass is 498 g/mol. The first-order valence-electron chi connectivity index (χ1n) is 11.7. The second-order valence-electron chi connectivity index (χ2n) is 8.97. The zero-order chi connectivity index (χ0) is 25.7. The van der Waals surface area contributed by atoms with E-state index in [0.717, 1.165) is 11.1 Å². The Hall–Kier alpha value is -4.79. The van der Waals surface area contributed by atoms with Crippen molar-refractivity contribution in [3.63, 3.8) is 0 Å². The zero-order valence-corrected chi connectivity index (χ0v) is 20.1. The molecule has 3 heterocycles. The number of anilines is 1. The molecule has 1 amide bonds. The van der Waals surface area contributed by atoms with E-state index in [2.05, 4.69) is 5.32 Å². The maximum atomic E-state index is 13.5. The summed E-state index contributed by atoms with van der Waals surface area (Å²) in [6.45, 7) is 3.86. The van der Waals surface area contributed by atoms with Gasteiger partial charge in [-0.2, -0.15) is 0 Å². The number of nitrogens with zero attached hydrogens (tertiary/aromatic N) is 1. The lowest BCUT2D eigenvalue weighted by atomic mass is 9.98. The van der Waals surface area contributed by atoms with Crippen molar-refractivity contribution >= 4 is 28.3 Å². The van der Waals surface area contributed by atoms with Gasteiger partial charge in [0.15, 0.2) is 28.8 Å². The topological polar surface area (TPSA) is 105 Å². The number of hydrogen-bond acceptors (Lipinski definition) is 7. The Balaban J connectivity index is 1.40. The van der Waals surface area contributed by atoms with E-state index in [1.807, 2.05) is 19.9 Å². The summed E-state index contributed by atoms with van der Waals surface area (Å²) in [6, 6.07) is 13.6. The fourth-order valence-corrected chi connectivity index (χ4v) is 4.44. The summed E-state index contributed by atoms with van der Waals surface area (Å²) in [5.41, 5.74) is 2.89. The third kappa shape index (κ3) is 4.04. The molecule has 2 aliphatic heterocycles. The Morgan fingerprint density at radius 1 is 0.838 bits per heavy atom. The molecule has 4 aromatic rings. The van der Waals surface area contributed by atoms with Crippen LogP contribution in [0.4, 0.5) is 5.69 Å². The number of ether oxygens (including phenoxy) is 4. The minimum absolute atomic E-state index is 0.0267. The average Bonchev–Trinajstić information content (AvgIpc) is 3.54. The molecule has 0 radical (unpaired) electrons. The van der Waals surface area contributed by atoms with E-state index in [0.29, 0.717) is 39.8 Å². The summed E-state index contributed by atoms with van der Waals surface area (Å²) < 4.78 is 23.2. The summed E-state index contributed by atoms with van der Waals surface area (Å²) in [6.07, 6.45) is 1.43. The highest BCUT2D eigenvalue weighted by atomic mass is 16.7.